The molecule has 2 aromatic rings. The Kier molecular flexibility index (Phi) is 3.30. The number of benzene rings is 1. The zero-order valence-electron chi connectivity index (χ0n) is 9.71. The lowest BCUT2D eigenvalue weighted by atomic mass is 10.2. The summed E-state index contributed by atoms with van der Waals surface area (Å²) in [6, 6.07) is 9.33. The first-order chi connectivity index (χ1) is 9.10. The molecule has 1 aromatic carbocycles. The van der Waals surface area contributed by atoms with Crippen molar-refractivity contribution in [1.82, 2.24) is 4.98 Å². The predicted octanol–water partition coefficient (Wildman–Crippen LogP) is 2.16. The molecule has 0 aliphatic carbocycles. The van der Waals surface area contributed by atoms with E-state index in [-0.39, 0.29) is 11.5 Å². The van der Waals surface area contributed by atoms with Gasteiger partial charge in [-0.15, -0.1) is 6.42 Å². The fourth-order valence-electron chi connectivity index (χ4n) is 1.51. The van der Waals surface area contributed by atoms with Gasteiger partial charge in [0.2, 0.25) is 0 Å². The number of terminal acetylenes is 1. The number of anilines is 1. The lowest BCUT2D eigenvalue weighted by Gasteiger charge is -2.02. The highest BCUT2D eigenvalue weighted by molar-refractivity contribution is 6.03. The lowest BCUT2D eigenvalue weighted by molar-refractivity contribution is -0.389. The molecule has 2 rings (SSSR count). The second-order valence-electron chi connectivity index (χ2n) is 3.69. The Hall–Kier alpha value is -3.07. The quantitative estimate of drug-likeness (QED) is 0.500. The summed E-state index contributed by atoms with van der Waals surface area (Å²) in [5.41, 5.74) is 1.27. The average Bonchev–Trinajstić information content (AvgIpc) is 2.89. The van der Waals surface area contributed by atoms with Gasteiger partial charge in [-0.25, -0.2) is 4.98 Å². The number of aromatic amines is 1. The molecule has 0 fully saturated rings. The fourth-order valence-corrected chi connectivity index (χ4v) is 1.51. The van der Waals surface area contributed by atoms with Crippen LogP contribution in [0.25, 0.3) is 0 Å². The maximum absolute atomic E-state index is 11.8. The van der Waals surface area contributed by atoms with E-state index < -0.39 is 10.8 Å². The van der Waals surface area contributed by atoms with Crippen molar-refractivity contribution in [1.29, 1.82) is 0 Å². The van der Waals surface area contributed by atoms with Crippen LogP contribution < -0.4 is 5.32 Å². The summed E-state index contributed by atoms with van der Waals surface area (Å²) >= 11 is 0. The molecule has 2 N–H and O–H groups in total. The number of hydrogen-bond acceptors (Lipinski definition) is 3. The van der Waals surface area contributed by atoms with Gasteiger partial charge in [0.05, 0.1) is 0 Å². The number of aromatic nitrogens is 1. The van der Waals surface area contributed by atoms with Crippen LogP contribution in [-0.4, -0.2) is 15.8 Å². The maximum Gasteiger partial charge on any atom is 0.321 e. The molecule has 1 aromatic heterocycles. The Morgan fingerprint density at radius 2 is 2.16 bits per heavy atom. The Balaban J connectivity index is 2.16. The second-order valence-corrected chi connectivity index (χ2v) is 3.69. The summed E-state index contributed by atoms with van der Waals surface area (Å²) in [5.74, 6) is 1.75. The normalized spacial score (nSPS) is 9.63. The molecule has 0 bridgehead atoms. The average molecular weight is 255 g/mol. The molecular formula is C13H9N3O3. The van der Waals surface area contributed by atoms with Crippen molar-refractivity contribution in [2.24, 2.45) is 0 Å². The largest absolute Gasteiger partial charge is 0.358 e. The van der Waals surface area contributed by atoms with E-state index >= 15 is 0 Å². The summed E-state index contributed by atoms with van der Waals surface area (Å²) in [4.78, 5) is 24.1. The smallest absolute Gasteiger partial charge is 0.321 e. The van der Waals surface area contributed by atoms with Gasteiger partial charge in [-0.3, -0.25) is 4.79 Å². The third-order valence-electron chi connectivity index (χ3n) is 2.40. The van der Waals surface area contributed by atoms with Crippen molar-refractivity contribution in [3.05, 3.63) is 57.8 Å². The van der Waals surface area contributed by atoms with E-state index in [2.05, 4.69) is 16.2 Å². The molecule has 19 heavy (non-hydrogen) atoms. The van der Waals surface area contributed by atoms with Crippen molar-refractivity contribution in [3.63, 3.8) is 0 Å². The highest BCUT2D eigenvalue weighted by Gasteiger charge is 2.15. The van der Waals surface area contributed by atoms with Gasteiger partial charge in [-0.2, -0.15) is 0 Å². The number of rotatable bonds is 3. The Bertz CT molecular complexity index is 682. The topological polar surface area (TPSA) is 88.0 Å². The maximum atomic E-state index is 11.8. The highest BCUT2D eigenvalue weighted by Crippen LogP contribution is 2.14. The molecule has 0 saturated heterocycles. The zero-order chi connectivity index (χ0) is 13.8. The SMILES string of the molecule is C#Cc1cccc(NC(=O)c2ccc([N+](=O)[O-])[nH]2)c1. The molecule has 0 aliphatic rings. The van der Waals surface area contributed by atoms with Gasteiger partial charge >= 0.3 is 5.82 Å². The summed E-state index contributed by atoms with van der Waals surface area (Å²) < 4.78 is 0. The van der Waals surface area contributed by atoms with Gasteiger partial charge in [-0.05, 0) is 29.2 Å². The van der Waals surface area contributed by atoms with Crippen LogP contribution in [0.2, 0.25) is 0 Å². The van der Waals surface area contributed by atoms with Crippen LogP contribution in [0.15, 0.2) is 36.4 Å². The molecule has 0 radical (unpaired) electrons. The number of carbonyl (C=O) groups is 1. The van der Waals surface area contributed by atoms with Crippen LogP contribution >= 0.6 is 0 Å². The number of carbonyl (C=O) groups excluding carboxylic acids is 1. The van der Waals surface area contributed by atoms with Crippen LogP contribution in [0, 0.1) is 22.5 Å². The third kappa shape index (κ3) is 2.79. The molecule has 0 unspecified atom stereocenters. The number of amides is 1. The first-order valence-electron chi connectivity index (χ1n) is 5.31. The van der Waals surface area contributed by atoms with E-state index in [0.717, 1.165) is 0 Å². The van der Waals surface area contributed by atoms with Gasteiger partial charge in [0.1, 0.15) is 0 Å². The second kappa shape index (κ2) is 5.06. The molecule has 0 spiro atoms. The molecule has 94 valence electrons. The minimum atomic E-state index is -0.601. The van der Waals surface area contributed by atoms with E-state index in [9.17, 15) is 14.9 Å². The van der Waals surface area contributed by atoms with Crippen LogP contribution in [0.1, 0.15) is 16.1 Å². The molecular weight excluding hydrogens is 246 g/mol. The van der Waals surface area contributed by atoms with Crippen molar-refractivity contribution in [3.8, 4) is 12.3 Å². The van der Waals surface area contributed by atoms with E-state index in [4.69, 9.17) is 6.42 Å². The van der Waals surface area contributed by atoms with Gasteiger partial charge < -0.3 is 15.4 Å². The number of nitrogens with one attached hydrogen (secondary N) is 2. The molecule has 1 heterocycles. The minimum Gasteiger partial charge on any atom is -0.358 e. The summed E-state index contributed by atoms with van der Waals surface area (Å²) in [5, 5.41) is 13.1. The zero-order valence-corrected chi connectivity index (χ0v) is 9.71. The molecule has 6 heteroatoms. The molecule has 0 saturated carbocycles. The van der Waals surface area contributed by atoms with E-state index in [1.807, 2.05) is 0 Å². The van der Waals surface area contributed by atoms with E-state index in [1.54, 1.807) is 24.3 Å². The molecule has 0 aliphatic heterocycles. The van der Waals surface area contributed by atoms with Gasteiger partial charge in [0, 0.05) is 17.3 Å². The van der Waals surface area contributed by atoms with Crippen molar-refractivity contribution in [2.45, 2.75) is 0 Å². The Labute approximate surface area is 108 Å². The number of nitro groups is 1. The van der Waals surface area contributed by atoms with Crippen molar-refractivity contribution >= 4 is 17.4 Å². The third-order valence-corrected chi connectivity index (χ3v) is 2.40. The van der Waals surface area contributed by atoms with Crippen LogP contribution in [0.3, 0.4) is 0 Å². The monoisotopic (exact) mass is 255 g/mol. The first kappa shape index (κ1) is 12.4. The summed E-state index contributed by atoms with van der Waals surface area (Å²) in [6.07, 6.45) is 5.25. The van der Waals surface area contributed by atoms with Gasteiger partial charge in [-0.1, -0.05) is 12.0 Å². The van der Waals surface area contributed by atoms with E-state index in [1.165, 1.54) is 12.1 Å². The van der Waals surface area contributed by atoms with Crippen molar-refractivity contribution < 1.29 is 9.72 Å². The molecule has 0 atom stereocenters. The number of H-pyrrole nitrogens is 1. The Morgan fingerprint density at radius 3 is 2.79 bits per heavy atom. The molecule has 6 nitrogen and oxygen atoms in total. The lowest BCUT2D eigenvalue weighted by Crippen LogP contribution is -2.12. The number of hydrogen-bond donors (Lipinski definition) is 2. The summed E-state index contributed by atoms with van der Waals surface area (Å²) in [7, 11) is 0. The minimum absolute atomic E-state index is 0.109. The van der Waals surface area contributed by atoms with E-state index in [0.29, 0.717) is 11.3 Å². The standard InChI is InChI=1S/C13H9N3O3/c1-2-9-4-3-5-10(8-9)14-13(17)11-6-7-12(15-11)16(18)19/h1,3-8,15H,(H,14,17). The van der Waals surface area contributed by atoms with Gasteiger partial charge in [0.25, 0.3) is 5.91 Å². The first-order valence-corrected chi connectivity index (χ1v) is 5.31. The van der Waals surface area contributed by atoms with Crippen LogP contribution in [0.5, 0.6) is 0 Å². The fraction of sp³-hybridized carbons (Fsp3) is 0. The Morgan fingerprint density at radius 1 is 1.37 bits per heavy atom. The molecule has 1 amide bonds. The van der Waals surface area contributed by atoms with Crippen LogP contribution in [0.4, 0.5) is 11.5 Å². The van der Waals surface area contributed by atoms with Crippen LogP contribution in [-0.2, 0) is 0 Å². The summed E-state index contributed by atoms with van der Waals surface area (Å²) in [6.45, 7) is 0. The number of nitrogens with zero attached hydrogens (tertiary/aromatic N) is 1. The van der Waals surface area contributed by atoms with Gasteiger partial charge in [0.15, 0.2) is 5.69 Å². The highest BCUT2D eigenvalue weighted by atomic mass is 16.6. The predicted molar refractivity (Wildman–Crippen MR) is 69.8 cm³/mol. The van der Waals surface area contributed by atoms with Crippen molar-refractivity contribution in [2.75, 3.05) is 5.32 Å².